The summed E-state index contributed by atoms with van der Waals surface area (Å²) in [5.74, 6) is -1.21. The van der Waals surface area contributed by atoms with Gasteiger partial charge in [-0.3, -0.25) is 14.6 Å². The molecule has 2 amide bonds. The van der Waals surface area contributed by atoms with E-state index in [4.69, 9.17) is 34.8 Å². The summed E-state index contributed by atoms with van der Waals surface area (Å²) in [4.78, 5) is 32.5. The highest BCUT2D eigenvalue weighted by molar-refractivity contribution is 7.89. The van der Waals surface area contributed by atoms with Gasteiger partial charge in [0.2, 0.25) is 15.9 Å². The number of hydrogen-bond acceptors (Lipinski definition) is 6. The number of nitrogens with one attached hydrogen (secondary N) is 1. The van der Waals surface area contributed by atoms with Gasteiger partial charge in [-0.1, -0.05) is 53.0 Å². The lowest BCUT2D eigenvalue weighted by atomic mass is 10.1. The van der Waals surface area contributed by atoms with E-state index >= 15 is 0 Å². The number of aromatic nitrogens is 1. The first-order chi connectivity index (χ1) is 20.4. The third kappa shape index (κ3) is 6.46. The predicted octanol–water partition coefficient (Wildman–Crippen LogP) is 3.96. The molecule has 0 bridgehead atoms. The summed E-state index contributed by atoms with van der Waals surface area (Å²) in [5.41, 5.74) is 0.799. The Bertz CT molecular complexity index is 1660. The van der Waals surface area contributed by atoms with Gasteiger partial charge in [0.25, 0.3) is 5.91 Å². The van der Waals surface area contributed by atoms with E-state index < -0.39 is 50.4 Å². The first-order valence-corrected chi connectivity index (χ1v) is 17.1. The number of fused-ring (bicyclic) bond motifs is 1. The summed E-state index contributed by atoms with van der Waals surface area (Å²) in [5, 5.41) is 2.37. The van der Waals surface area contributed by atoms with E-state index in [1.54, 1.807) is 40.7 Å². The number of rotatable bonds is 7. The quantitative estimate of drug-likeness (QED) is 0.403. The molecule has 2 fully saturated rings. The second kappa shape index (κ2) is 12.8. The van der Waals surface area contributed by atoms with Gasteiger partial charge in [-0.2, -0.15) is 4.31 Å². The van der Waals surface area contributed by atoms with E-state index in [-0.39, 0.29) is 46.2 Å². The summed E-state index contributed by atoms with van der Waals surface area (Å²) in [7, 11) is -6.10. The van der Waals surface area contributed by atoms with Gasteiger partial charge < -0.3 is 10.2 Å². The minimum atomic E-state index is -4.37. The summed E-state index contributed by atoms with van der Waals surface area (Å²) in [6.45, 7) is 3.29. The maximum Gasteiger partial charge on any atom is 0.270 e. The molecule has 10 nitrogen and oxygen atoms in total. The van der Waals surface area contributed by atoms with Crippen LogP contribution >= 0.6 is 34.8 Å². The zero-order valence-electron chi connectivity index (χ0n) is 23.1. The number of pyridine rings is 1. The minimum Gasteiger partial charge on any atom is -0.338 e. The zero-order valence-corrected chi connectivity index (χ0v) is 27.0. The predicted molar refractivity (Wildman–Crippen MR) is 165 cm³/mol. The Morgan fingerprint density at radius 2 is 1.74 bits per heavy atom. The highest BCUT2D eigenvalue weighted by Crippen LogP contribution is 2.36. The highest BCUT2D eigenvalue weighted by atomic mass is 35.5. The van der Waals surface area contributed by atoms with Crippen LogP contribution in [0.1, 0.15) is 29.9 Å². The minimum absolute atomic E-state index is 0.0293. The lowest BCUT2D eigenvalue weighted by Gasteiger charge is -2.53. The van der Waals surface area contributed by atoms with E-state index in [1.807, 2.05) is 13.8 Å². The van der Waals surface area contributed by atoms with Crippen molar-refractivity contribution in [1.82, 2.24) is 23.8 Å². The molecule has 2 aliphatic rings. The van der Waals surface area contributed by atoms with Crippen molar-refractivity contribution in [2.45, 2.75) is 48.8 Å². The van der Waals surface area contributed by atoms with Crippen molar-refractivity contribution in [2.24, 2.45) is 0 Å². The summed E-state index contributed by atoms with van der Waals surface area (Å²) in [6, 6.07) is 14.1. The van der Waals surface area contributed by atoms with Crippen LogP contribution in [0.5, 0.6) is 0 Å². The van der Waals surface area contributed by atoms with Crippen LogP contribution in [0, 0.1) is 0 Å². The Morgan fingerprint density at radius 3 is 2.37 bits per heavy atom. The lowest BCUT2D eigenvalue weighted by Crippen LogP contribution is -2.75. The van der Waals surface area contributed by atoms with Crippen LogP contribution in [0.3, 0.4) is 0 Å². The number of benzene rings is 2. The SMILES string of the molecule is CC(C)N1CC2N(C(=O)C(NC(=O)c3ccccn3)CN2S(=O)(=O)c2ccc(Cl)cc2Cl)C(Cc2ccc(Cl)cc2)S1=O. The van der Waals surface area contributed by atoms with Crippen LogP contribution < -0.4 is 5.32 Å². The van der Waals surface area contributed by atoms with E-state index in [1.165, 1.54) is 35.4 Å². The molecule has 0 spiro atoms. The van der Waals surface area contributed by atoms with Crippen molar-refractivity contribution in [3.8, 4) is 0 Å². The second-order valence-electron chi connectivity index (χ2n) is 10.4. The molecule has 3 heterocycles. The van der Waals surface area contributed by atoms with Crippen LogP contribution in [0.25, 0.3) is 0 Å². The molecule has 3 aromatic rings. The molecule has 1 N–H and O–H groups in total. The Kier molecular flexibility index (Phi) is 9.48. The third-order valence-electron chi connectivity index (χ3n) is 7.27. The van der Waals surface area contributed by atoms with Gasteiger partial charge in [-0.25, -0.2) is 16.9 Å². The molecule has 5 rings (SSSR count). The van der Waals surface area contributed by atoms with E-state index in [2.05, 4.69) is 10.3 Å². The molecule has 2 aromatic carbocycles. The van der Waals surface area contributed by atoms with Crippen molar-refractivity contribution in [3.63, 3.8) is 0 Å². The maximum absolute atomic E-state index is 14.3. The number of halogens is 3. The van der Waals surface area contributed by atoms with Crippen molar-refractivity contribution < 1.29 is 22.2 Å². The molecule has 4 unspecified atom stereocenters. The lowest BCUT2D eigenvalue weighted by molar-refractivity contribution is -0.146. The van der Waals surface area contributed by atoms with E-state index in [0.29, 0.717) is 5.02 Å². The van der Waals surface area contributed by atoms with Gasteiger partial charge in [-0.05, 0) is 61.9 Å². The third-order valence-corrected chi connectivity index (χ3v) is 12.0. The number of amides is 2. The van der Waals surface area contributed by atoms with Crippen LogP contribution in [-0.2, 0) is 32.2 Å². The number of sulfonamides is 1. The van der Waals surface area contributed by atoms with Gasteiger partial charge in [0.15, 0.2) is 0 Å². The average Bonchev–Trinajstić information content (AvgIpc) is 2.96. The normalized spacial score (nSPS) is 23.3. The van der Waals surface area contributed by atoms with Crippen LogP contribution in [0.15, 0.2) is 71.8 Å². The molecule has 43 heavy (non-hydrogen) atoms. The van der Waals surface area contributed by atoms with Gasteiger partial charge in [0.05, 0.1) is 5.02 Å². The fourth-order valence-electron chi connectivity index (χ4n) is 5.16. The van der Waals surface area contributed by atoms with Crippen molar-refractivity contribution in [2.75, 3.05) is 13.1 Å². The molecule has 0 aliphatic carbocycles. The Hall–Kier alpha value is -2.58. The number of carbonyl (C=O) groups is 2. The molecule has 15 heteroatoms. The standard InChI is InChI=1S/C28H28Cl3N5O5S2/c1-17(2)34-16-25-35(43(40,41)24-11-10-20(30)14-21(24)31)15-23(33-27(37)22-5-3-4-12-32-22)28(38)36(25)26(42(34)39)13-18-6-8-19(29)9-7-18/h3-12,14,17,23,25-26H,13,15-16H2,1-2H3,(H,33,37). The van der Waals surface area contributed by atoms with Crippen LogP contribution in [0.2, 0.25) is 15.1 Å². The van der Waals surface area contributed by atoms with Crippen LogP contribution in [-0.4, -0.2) is 79.6 Å². The molecule has 2 saturated heterocycles. The maximum atomic E-state index is 14.3. The first-order valence-electron chi connectivity index (χ1n) is 13.3. The van der Waals surface area contributed by atoms with Crippen molar-refractivity contribution in [3.05, 3.63) is 93.2 Å². The topological polar surface area (TPSA) is 120 Å². The smallest absolute Gasteiger partial charge is 0.270 e. The number of carbonyl (C=O) groups excluding carboxylic acids is 2. The summed E-state index contributed by atoms with van der Waals surface area (Å²) in [6.07, 6.45) is 0.527. The van der Waals surface area contributed by atoms with Gasteiger partial charge >= 0.3 is 0 Å². The molecule has 1 aromatic heterocycles. The molecule has 0 radical (unpaired) electrons. The molecular weight excluding hydrogens is 657 g/mol. The fraction of sp³-hybridized carbons (Fsp3) is 0.321. The Morgan fingerprint density at radius 1 is 1.05 bits per heavy atom. The van der Waals surface area contributed by atoms with Crippen molar-refractivity contribution >= 4 is 67.6 Å². The second-order valence-corrected chi connectivity index (χ2v) is 15.1. The van der Waals surface area contributed by atoms with E-state index in [9.17, 15) is 22.2 Å². The van der Waals surface area contributed by atoms with E-state index in [0.717, 1.165) is 9.87 Å². The highest BCUT2D eigenvalue weighted by Gasteiger charge is 2.54. The molecular formula is C28H28Cl3N5O5S2. The molecule has 0 saturated carbocycles. The largest absolute Gasteiger partial charge is 0.338 e. The summed E-state index contributed by atoms with van der Waals surface area (Å²) >= 11 is 18.5. The Balaban J connectivity index is 1.61. The van der Waals surface area contributed by atoms with Gasteiger partial charge in [-0.15, -0.1) is 0 Å². The monoisotopic (exact) mass is 683 g/mol. The van der Waals surface area contributed by atoms with Crippen LogP contribution in [0.4, 0.5) is 0 Å². The van der Waals surface area contributed by atoms with Gasteiger partial charge in [0.1, 0.15) is 39.2 Å². The summed E-state index contributed by atoms with van der Waals surface area (Å²) < 4.78 is 45.4. The fourth-order valence-corrected chi connectivity index (χ4v) is 9.40. The Labute approximate surface area is 267 Å². The molecule has 2 aliphatic heterocycles. The number of hydrogen-bond donors (Lipinski definition) is 1. The van der Waals surface area contributed by atoms with Crippen molar-refractivity contribution in [1.29, 1.82) is 0 Å². The molecule has 4 atom stereocenters. The molecule has 228 valence electrons. The first kappa shape index (κ1) is 31.8. The number of nitrogens with zero attached hydrogens (tertiary/aromatic N) is 4. The average molecular weight is 685 g/mol. The van der Waals surface area contributed by atoms with Gasteiger partial charge in [0, 0.05) is 41.8 Å². The zero-order chi connectivity index (χ0) is 31.1.